The molecule has 2 amide bonds. The number of aromatic nitrogens is 2. The number of nitrogens with zero attached hydrogens (tertiary/aromatic N) is 4. The Hall–Kier alpha value is -2.87. The summed E-state index contributed by atoms with van der Waals surface area (Å²) >= 11 is 0. The molecule has 2 unspecified atom stereocenters. The molecular formula is C28H37N5O3. The minimum Gasteiger partial charge on any atom is -0.446 e. The molecule has 4 aliphatic rings. The van der Waals surface area contributed by atoms with Crippen molar-refractivity contribution in [1.82, 2.24) is 15.1 Å². The van der Waals surface area contributed by atoms with Crippen LogP contribution >= 0.6 is 0 Å². The van der Waals surface area contributed by atoms with E-state index in [4.69, 9.17) is 4.74 Å². The molecule has 1 aromatic carbocycles. The largest absolute Gasteiger partial charge is 0.446 e. The van der Waals surface area contributed by atoms with Crippen LogP contribution in [0.15, 0.2) is 30.6 Å². The number of anilines is 2. The number of benzene rings is 1. The molecule has 3 atom stereocenters. The van der Waals surface area contributed by atoms with Crippen LogP contribution in [0.4, 0.5) is 16.2 Å². The summed E-state index contributed by atoms with van der Waals surface area (Å²) < 4.78 is 8.22. The number of amides is 2. The molecule has 1 spiro atoms. The van der Waals surface area contributed by atoms with E-state index in [1.165, 1.54) is 32.1 Å². The first-order valence-electron chi connectivity index (χ1n) is 13.6. The van der Waals surface area contributed by atoms with Gasteiger partial charge in [0.25, 0.3) is 0 Å². The van der Waals surface area contributed by atoms with E-state index in [0.717, 1.165) is 54.9 Å². The molecule has 1 aromatic heterocycles. The van der Waals surface area contributed by atoms with Crippen LogP contribution in [0.3, 0.4) is 0 Å². The summed E-state index contributed by atoms with van der Waals surface area (Å²) in [5.74, 6) is -0.0231. The fourth-order valence-corrected chi connectivity index (χ4v) is 6.60. The molecule has 2 aromatic rings. The van der Waals surface area contributed by atoms with Gasteiger partial charge in [-0.2, -0.15) is 5.10 Å². The van der Waals surface area contributed by atoms with Gasteiger partial charge in [0.2, 0.25) is 5.91 Å². The maximum atomic E-state index is 13.6. The second-order valence-corrected chi connectivity index (χ2v) is 11.4. The van der Waals surface area contributed by atoms with Gasteiger partial charge in [-0.3, -0.25) is 14.4 Å². The lowest BCUT2D eigenvalue weighted by atomic mass is 9.69. The first-order chi connectivity index (χ1) is 17.4. The number of piperidine rings is 1. The molecule has 0 radical (unpaired) electrons. The van der Waals surface area contributed by atoms with Crippen LogP contribution in [0.25, 0.3) is 11.1 Å². The number of rotatable bonds is 3. The van der Waals surface area contributed by atoms with E-state index in [1.54, 1.807) is 16.7 Å². The van der Waals surface area contributed by atoms with Crippen molar-refractivity contribution in [2.45, 2.75) is 83.4 Å². The number of fused-ring (bicyclic) bond motifs is 1. The van der Waals surface area contributed by atoms with E-state index in [-0.39, 0.29) is 29.6 Å². The third kappa shape index (κ3) is 4.40. The Morgan fingerprint density at radius 3 is 2.69 bits per heavy atom. The molecule has 2 aliphatic heterocycles. The minimum absolute atomic E-state index is 0.0231. The highest BCUT2D eigenvalue weighted by Gasteiger charge is 2.40. The number of carbonyl (C=O) groups excluding carboxylic acids is 2. The van der Waals surface area contributed by atoms with Gasteiger partial charge in [0.15, 0.2) is 0 Å². The topological polar surface area (TPSA) is 79.7 Å². The minimum atomic E-state index is -0.303. The molecule has 3 heterocycles. The fourth-order valence-electron chi connectivity index (χ4n) is 6.60. The summed E-state index contributed by atoms with van der Waals surface area (Å²) in [6, 6.07) is 6.37. The summed E-state index contributed by atoms with van der Waals surface area (Å²) in [5.41, 5.74) is 3.75. The van der Waals surface area contributed by atoms with Crippen LogP contribution in [0.5, 0.6) is 0 Å². The average Bonchev–Trinajstić information content (AvgIpc) is 3.60. The second-order valence-electron chi connectivity index (χ2n) is 11.4. The molecule has 192 valence electrons. The van der Waals surface area contributed by atoms with Gasteiger partial charge in [-0.25, -0.2) is 4.79 Å². The summed E-state index contributed by atoms with van der Waals surface area (Å²) in [7, 11) is 0. The smallest absolute Gasteiger partial charge is 0.414 e. The maximum Gasteiger partial charge on any atom is 0.414 e. The molecule has 8 nitrogen and oxygen atoms in total. The van der Waals surface area contributed by atoms with Gasteiger partial charge in [0.1, 0.15) is 6.10 Å². The maximum absolute atomic E-state index is 13.6. The molecule has 1 N–H and O–H groups in total. The Labute approximate surface area is 213 Å². The van der Waals surface area contributed by atoms with Crippen LogP contribution < -0.4 is 15.1 Å². The highest BCUT2D eigenvalue weighted by molar-refractivity contribution is 6.03. The predicted octanol–water partition coefficient (Wildman–Crippen LogP) is 4.90. The molecule has 1 saturated heterocycles. The van der Waals surface area contributed by atoms with Crippen LogP contribution in [0.2, 0.25) is 0 Å². The Kier molecular flexibility index (Phi) is 6.02. The number of hydrogen-bond donors (Lipinski definition) is 1. The van der Waals surface area contributed by atoms with Gasteiger partial charge >= 0.3 is 6.09 Å². The van der Waals surface area contributed by atoms with E-state index in [0.29, 0.717) is 12.6 Å². The number of ether oxygens (including phenoxy) is 1. The van der Waals surface area contributed by atoms with Crippen molar-refractivity contribution in [2.24, 2.45) is 5.41 Å². The van der Waals surface area contributed by atoms with E-state index in [2.05, 4.69) is 16.6 Å². The summed E-state index contributed by atoms with van der Waals surface area (Å²) in [5, 5.41) is 8.09. The highest BCUT2D eigenvalue weighted by Crippen LogP contribution is 2.44. The van der Waals surface area contributed by atoms with Crippen LogP contribution in [0.1, 0.15) is 71.3 Å². The zero-order chi connectivity index (χ0) is 24.9. The lowest BCUT2D eigenvalue weighted by molar-refractivity contribution is -0.117. The van der Waals surface area contributed by atoms with Crippen molar-refractivity contribution in [3.05, 3.63) is 30.6 Å². The molecule has 3 fully saturated rings. The SMILES string of the molecule is CC(=O)N1c2ccc(-c3cnn(C4CC4)c3)cc2N(C(=O)OC2CCCC3(CCCNC3)C2)C[C@@H]1C. The number of nitrogens with one attached hydrogen (secondary N) is 1. The standard InChI is InChI=1S/C28H37N5O3/c1-19-16-31(27(35)36-24-5-3-10-28(14-24)11-4-12-29-18-28)26-13-21(6-9-25(26)33(19)20(2)34)22-15-30-32(17-22)23-7-8-23/h6,9,13,15,17,19,23-24,29H,3-5,7-8,10-12,14,16,18H2,1-2H3/t19-,24?,28?/m0/s1. The van der Waals surface area contributed by atoms with Gasteiger partial charge in [-0.05, 0) is 87.9 Å². The lowest BCUT2D eigenvalue weighted by Gasteiger charge is -2.44. The van der Waals surface area contributed by atoms with Crippen LogP contribution in [-0.4, -0.2) is 53.6 Å². The molecule has 6 rings (SSSR count). The van der Waals surface area contributed by atoms with Gasteiger partial charge in [0.05, 0.1) is 29.7 Å². The van der Waals surface area contributed by atoms with Crippen molar-refractivity contribution < 1.29 is 14.3 Å². The Balaban J connectivity index is 1.27. The lowest BCUT2D eigenvalue weighted by Crippen LogP contribution is -2.52. The summed E-state index contributed by atoms with van der Waals surface area (Å²) in [6.45, 7) is 6.10. The average molecular weight is 492 g/mol. The van der Waals surface area contributed by atoms with Gasteiger partial charge < -0.3 is 15.0 Å². The first-order valence-corrected chi connectivity index (χ1v) is 13.6. The van der Waals surface area contributed by atoms with Gasteiger partial charge in [-0.1, -0.05) is 6.07 Å². The summed E-state index contributed by atoms with van der Waals surface area (Å²) in [6.07, 6.45) is 12.5. The third-order valence-corrected chi connectivity index (χ3v) is 8.55. The molecule has 8 heteroatoms. The van der Waals surface area contributed by atoms with Crippen molar-refractivity contribution in [3.63, 3.8) is 0 Å². The molecular weight excluding hydrogens is 454 g/mol. The zero-order valence-electron chi connectivity index (χ0n) is 21.4. The van der Waals surface area contributed by atoms with Crippen LogP contribution in [-0.2, 0) is 9.53 Å². The Morgan fingerprint density at radius 1 is 1.11 bits per heavy atom. The van der Waals surface area contributed by atoms with Crippen molar-refractivity contribution in [3.8, 4) is 11.1 Å². The molecule has 0 bridgehead atoms. The number of carbonyl (C=O) groups is 2. The quantitative estimate of drug-likeness (QED) is 0.661. The first kappa shape index (κ1) is 23.5. The van der Waals surface area contributed by atoms with Gasteiger partial charge in [-0.15, -0.1) is 0 Å². The van der Waals surface area contributed by atoms with Crippen LogP contribution in [0, 0.1) is 5.41 Å². The molecule has 36 heavy (non-hydrogen) atoms. The predicted molar refractivity (Wildman–Crippen MR) is 139 cm³/mol. The molecule has 2 saturated carbocycles. The summed E-state index contributed by atoms with van der Waals surface area (Å²) in [4.78, 5) is 29.7. The second kappa shape index (κ2) is 9.21. The Bertz CT molecular complexity index is 1140. The van der Waals surface area contributed by atoms with Crippen molar-refractivity contribution >= 4 is 23.4 Å². The Morgan fingerprint density at radius 2 is 1.94 bits per heavy atom. The normalized spacial score (nSPS) is 28.2. The fraction of sp³-hybridized carbons (Fsp3) is 0.607. The highest BCUT2D eigenvalue weighted by atomic mass is 16.6. The van der Waals surface area contributed by atoms with E-state index in [9.17, 15) is 9.59 Å². The van der Waals surface area contributed by atoms with E-state index < -0.39 is 0 Å². The van der Waals surface area contributed by atoms with Crippen molar-refractivity contribution in [1.29, 1.82) is 0 Å². The third-order valence-electron chi connectivity index (χ3n) is 8.55. The van der Waals surface area contributed by atoms with Crippen molar-refractivity contribution in [2.75, 3.05) is 29.4 Å². The van der Waals surface area contributed by atoms with E-state index >= 15 is 0 Å². The van der Waals surface area contributed by atoms with E-state index in [1.807, 2.05) is 36.0 Å². The molecule has 2 aliphatic carbocycles. The number of hydrogen-bond acceptors (Lipinski definition) is 5. The monoisotopic (exact) mass is 491 g/mol. The zero-order valence-corrected chi connectivity index (χ0v) is 21.4. The van der Waals surface area contributed by atoms with Gasteiger partial charge in [0, 0.05) is 31.8 Å².